The number of aryl methyl sites for hydroxylation is 1. The Morgan fingerprint density at radius 3 is 2.61 bits per heavy atom. The predicted molar refractivity (Wildman–Crippen MR) is 93.5 cm³/mol. The van der Waals surface area contributed by atoms with Crippen LogP contribution in [0.3, 0.4) is 0 Å². The fourth-order valence-electron chi connectivity index (χ4n) is 1.75. The molecule has 7 heteroatoms. The summed E-state index contributed by atoms with van der Waals surface area (Å²) in [5, 5.41) is 6.65. The normalized spacial score (nSPS) is 11.3. The molecule has 0 radical (unpaired) electrons. The molecule has 0 fully saturated rings. The van der Waals surface area contributed by atoms with Gasteiger partial charge in [-0.1, -0.05) is 15.9 Å². The minimum atomic E-state index is -0.379. The third-order valence-electron chi connectivity index (χ3n) is 2.73. The third-order valence-corrected chi connectivity index (χ3v) is 3.23. The Hall–Kier alpha value is -1.89. The van der Waals surface area contributed by atoms with Crippen molar-refractivity contribution in [3.05, 3.63) is 28.2 Å². The number of halogens is 1. The number of benzene rings is 1. The number of nitrogens with zero attached hydrogens (tertiary/aromatic N) is 1. The van der Waals surface area contributed by atoms with Gasteiger partial charge in [0.25, 0.3) is 5.91 Å². The lowest BCUT2D eigenvalue weighted by molar-refractivity contribution is -0.123. The maximum absolute atomic E-state index is 11.7. The Morgan fingerprint density at radius 2 is 2.00 bits per heavy atom. The van der Waals surface area contributed by atoms with E-state index in [0.717, 1.165) is 10.0 Å². The molecule has 6 nitrogen and oxygen atoms in total. The Balaban J connectivity index is 2.41. The van der Waals surface area contributed by atoms with Gasteiger partial charge in [-0.05, 0) is 51.5 Å². The zero-order valence-corrected chi connectivity index (χ0v) is 15.4. The van der Waals surface area contributed by atoms with Gasteiger partial charge >= 0.3 is 0 Å². The second-order valence-corrected chi connectivity index (χ2v) is 6.40. The van der Waals surface area contributed by atoms with Crippen LogP contribution >= 0.6 is 15.9 Å². The van der Waals surface area contributed by atoms with Gasteiger partial charge in [-0.15, -0.1) is 0 Å². The average Bonchev–Trinajstić information content (AvgIpc) is 2.43. The third kappa shape index (κ3) is 7.78. The molecule has 0 saturated carbocycles. The van der Waals surface area contributed by atoms with E-state index in [2.05, 4.69) is 31.8 Å². The molecule has 1 rings (SSSR count). The molecule has 126 valence electrons. The van der Waals surface area contributed by atoms with Crippen molar-refractivity contribution in [3.8, 4) is 5.75 Å². The lowest BCUT2D eigenvalue weighted by Crippen LogP contribution is -2.32. The Kier molecular flexibility index (Phi) is 7.74. The van der Waals surface area contributed by atoms with Crippen molar-refractivity contribution in [1.82, 2.24) is 10.7 Å². The van der Waals surface area contributed by atoms with Crippen molar-refractivity contribution in [1.29, 1.82) is 0 Å². The Bertz CT molecular complexity index is 600. The van der Waals surface area contributed by atoms with Crippen molar-refractivity contribution in [2.45, 2.75) is 40.2 Å². The van der Waals surface area contributed by atoms with Crippen molar-refractivity contribution in [2.24, 2.45) is 5.10 Å². The highest BCUT2D eigenvalue weighted by Crippen LogP contribution is 2.21. The molecule has 2 N–H and O–H groups in total. The number of carbonyl (C=O) groups excluding carboxylic acids is 2. The van der Waals surface area contributed by atoms with Crippen LogP contribution in [0.25, 0.3) is 0 Å². The van der Waals surface area contributed by atoms with E-state index in [1.807, 2.05) is 32.9 Å². The van der Waals surface area contributed by atoms with E-state index in [4.69, 9.17) is 4.74 Å². The summed E-state index contributed by atoms with van der Waals surface area (Å²) in [6.45, 7) is 7.20. The summed E-state index contributed by atoms with van der Waals surface area (Å²) in [6, 6.07) is 5.61. The second-order valence-electron chi connectivity index (χ2n) is 5.48. The number of nitrogens with one attached hydrogen (secondary N) is 2. The first-order valence-corrected chi connectivity index (χ1v) is 8.07. The standard InChI is InChI=1S/C16H22BrN3O3/c1-10(2)18-15(21)8-12(4)19-20-16(22)9-23-14-6-5-13(17)7-11(14)3/h5-7,10H,8-9H2,1-4H3,(H,18,21)(H,20,22)/b19-12+. The number of hydrazone groups is 1. The first-order chi connectivity index (χ1) is 10.8. The Labute approximate surface area is 144 Å². The molecule has 0 aromatic heterocycles. The molecule has 0 heterocycles. The summed E-state index contributed by atoms with van der Waals surface area (Å²) in [5.74, 6) is 0.133. The first-order valence-electron chi connectivity index (χ1n) is 7.28. The molecule has 1 aromatic carbocycles. The average molecular weight is 384 g/mol. The summed E-state index contributed by atoms with van der Waals surface area (Å²) in [5.41, 5.74) is 3.83. The van der Waals surface area contributed by atoms with Crippen molar-refractivity contribution >= 4 is 33.5 Å². The summed E-state index contributed by atoms with van der Waals surface area (Å²) in [6.07, 6.45) is 0.144. The van der Waals surface area contributed by atoms with Gasteiger partial charge < -0.3 is 10.1 Å². The topological polar surface area (TPSA) is 79.8 Å². The van der Waals surface area contributed by atoms with Gasteiger partial charge in [0.1, 0.15) is 5.75 Å². The van der Waals surface area contributed by atoms with Gasteiger partial charge in [0.15, 0.2) is 6.61 Å². The van der Waals surface area contributed by atoms with Gasteiger partial charge in [0.2, 0.25) is 5.91 Å². The summed E-state index contributed by atoms with van der Waals surface area (Å²) < 4.78 is 6.39. The fourth-order valence-corrected chi connectivity index (χ4v) is 2.23. The number of carbonyl (C=O) groups is 2. The van der Waals surface area contributed by atoms with Crippen LogP contribution in [-0.4, -0.2) is 30.2 Å². The number of hydrogen-bond acceptors (Lipinski definition) is 4. The first kappa shape index (κ1) is 19.2. The molecule has 1 aromatic rings. The maximum Gasteiger partial charge on any atom is 0.277 e. The zero-order valence-electron chi connectivity index (χ0n) is 13.8. The minimum Gasteiger partial charge on any atom is -0.483 e. The lowest BCUT2D eigenvalue weighted by Gasteiger charge is -2.09. The molecule has 0 spiro atoms. The van der Waals surface area contributed by atoms with E-state index >= 15 is 0 Å². The summed E-state index contributed by atoms with van der Waals surface area (Å²) in [4.78, 5) is 23.3. The summed E-state index contributed by atoms with van der Waals surface area (Å²) in [7, 11) is 0. The maximum atomic E-state index is 11.7. The SMILES string of the molecule is C/C(CC(=O)NC(C)C)=N\NC(=O)COc1ccc(Br)cc1C. The van der Waals surface area contributed by atoms with Crippen LogP contribution in [0.5, 0.6) is 5.75 Å². The highest BCUT2D eigenvalue weighted by molar-refractivity contribution is 9.10. The van der Waals surface area contributed by atoms with Gasteiger partial charge in [-0.25, -0.2) is 5.43 Å². The molecule has 0 aliphatic heterocycles. The molecule has 0 atom stereocenters. The van der Waals surface area contributed by atoms with E-state index in [1.54, 1.807) is 13.0 Å². The van der Waals surface area contributed by atoms with Crippen molar-refractivity contribution in [2.75, 3.05) is 6.61 Å². The molecule has 0 aliphatic rings. The largest absolute Gasteiger partial charge is 0.483 e. The zero-order chi connectivity index (χ0) is 17.4. The number of rotatable bonds is 7. The van der Waals surface area contributed by atoms with E-state index < -0.39 is 0 Å². The molecule has 2 amide bonds. The van der Waals surface area contributed by atoms with Crippen LogP contribution in [0.15, 0.2) is 27.8 Å². The molecular formula is C16H22BrN3O3. The second kappa shape index (κ2) is 9.29. The van der Waals surface area contributed by atoms with Crippen molar-refractivity contribution < 1.29 is 14.3 Å². The number of amides is 2. The molecule has 23 heavy (non-hydrogen) atoms. The van der Waals surface area contributed by atoms with Gasteiger partial charge in [-0.2, -0.15) is 5.10 Å². The summed E-state index contributed by atoms with van der Waals surface area (Å²) >= 11 is 3.37. The number of ether oxygens (including phenoxy) is 1. The van der Waals surface area contributed by atoms with Crippen LogP contribution in [-0.2, 0) is 9.59 Å². The lowest BCUT2D eigenvalue weighted by atomic mass is 10.2. The highest BCUT2D eigenvalue weighted by atomic mass is 79.9. The van der Waals surface area contributed by atoms with Crippen LogP contribution in [0, 0.1) is 6.92 Å². The highest BCUT2D eigenvalue weighted by Gasteiger charge is 2.07. The fraction of sp³-hybridized carbons (Fsp3) is 0.438. The molecular weight excluding hydrogens is 362 g/mol. The van der Waals surface area contributed by atoms with E-state index in [9.17, 15) is 9.59 Å². The van der Waals surface area contributed by atoms with Crippen LogP contribution in [0.4, 0.5) is 0 Å². The number of hydrogen-bond donors (Lipinski definition) is 2. The smallest absolute Gasteiger partial charge is 0.277 e. The molecule has 0 saturated heterocycles. The van der Waals surface area contributed by atoms with Crippen LogP contribution in [0.1, 0.15) is 32.8 Å². The molecule has 0 unspecified atom stereocenters. The van der Waals surface area contributed by atoms with E-state index in [0.29, 0.717) is 11.5 Å². The van der Waals surface area contributed by atoms with Crippen molar-refractivity contribution in [3.63, 3.8) is 0 Å². The van der Waals surface area contributed by atoms with Gasteiger partial charge in [-0.3, -0.25) is 9.59 Å². The monoisotopic (exact) mass is 383 g/mol. The predicted octanol–water partition coefficient (Wildman–Crippen LogP) is 2.54. The van der Waals surface area contributed by atoms with Gasteiger partial charge in [0, 0.05) is 16.2 Å². The van der Waals surface area contributed by atoms with E-state index in [-0.39, 0.29) is 30.9 Å². The van der Waals surface area contributed by atoms with Crippen LogP contribution < -0.4 is 15.5 Å². The van der Waals surface area contributed by atoms with E-state index in [1.165, 1.54) is 0 Å². The quantitative estimate of drug-likeness (QED) is 0.560. The molecule has 0 bridgehead atoms. The van der Waals surface area contributed by atoms with Crippen LogP contribution in [0.2, 0.25) is 0 Å². The Morgan fingerprint density at radius 1 is 1.30 bits per heavy atom. The molecule has 0 aliphatic carbocycles. The minimum absolute atomic E-state index is 0.0763. The van der Waals surface area contributed by atoms with Gasteiger partial charge in [0.05, 0.1) is 6.42 Å².